The zero-order valence-electron chi connectivity index (χ0n) is 11.1. The molecule has 0 aliphatic rings. The number of benzene rings is 1. The van der Waals surface area contributed by atoms with E-state index in [0.717, 1.165) is 0 Å². The van der Waals surface area contributed by atoms with Crippen LogP contribution in [0.5, 0.6) is 0 Å². The Balaban J connectivity index is 2.65. The van der Waals surface area contributed by atoms with Crippen LogP contribution in [0.3, 0.4) is 0 Å². The van der Waals surface area contributed by atoms with E-state index in [-0.39, 0.29) is 18.1 Å². The van der Waals surface area contributed by atoms with Crippen LogP contribution in [-0.4, -0.2) is 18.9 Å². The largest absolute Gasteiger partial charge is 0.490 e. The van der Waals surface area contributed by atoms with Gasteiger partial charge in [0.25, 0.3) is 5.91 Å². The summed E-state index contributed by atoms with van der Waals surface area (Å²) in [5.41, 5.74) is 0.630. The number of halogens is 2. The van der Waals surface area contributed by atoms with Crippen LogP contribution in [0, 0.1) is 11.2 Å². The molecule has 0 radical (unpaired) electrons. The number of carbonyl (C=O) groups is 1. The van der Waals surface area contributed by atoms with E-state index in [0.29, 0.717) is 10.6 Å². The first-order valence-corrected chi connectivity index (χ1v) is 6.09. The van der Waals surface area contributed by atoms with Crippen LogP contribution in [0.2, 0.25) is 5.02 Å². The lowest BCUT2D eigenvalue weighted by molar-refractivity contribution is -0.119. The fourth-order valence-electron chi connectivity index (χ4n) is 1.42. The second kappa shape index (κ2) is 7.49. The van der Waals surface area contributed by atoms with Crippen molar-refractivity contribution in [1.29, 1.82) is 5.41 Å². The number of amides is 1. The highest BCUT2D eigenvalue weighted by Crippen LogP contribution is 2.13. The Morgan fingerprint density at radius 1 is 1.50 bits per heavy atom. The summed E-state index contributed by atoms with van der Waals surface area (Å²) in [6.45, 7) is 1.72. The number of rotatable bonds is 5. The maximum Gasteiger partial charge on any atom is 0.293 e. The number of amidine groups is 1. The third-order valence-electron chi connectivity index (χ3n) is 2.21. The number of hydrogen-bond donors (Lipinski definition) is 3. The van der Waals surface area contributed by atoms with Gasteiger partial charge in [0, 0.05) is 17.8 Å². The van der Waals surface area contributed by atoms with Gasteiger partial charge in [0.1, 0.15) is 5.82 Å². The van der Waals surface area contributed by atoms with Gasteiger partial charge in [-0.05, 0) is 30.7 Å². The molecule has 1 aromatic carbocycles. The van der Waals surface area contributed by atoms with Gasteiger partial charge in [-0.2, -0.15) is 0 Å². The predicted molar refractivity (Wildman–Crippen MR) is 74.9 cm³/mol. The van der Waals surface area contributed by atoms with E-state index in [1.54, 1.807) is 6.07 Å². The topological polar surface area (TPSA) is 74.2 Å². The molecular formula is C13H15ClFN3O2. The normalized spacial score (nSPS) is 10.9. The minimum atomic E-state index is -0.537. The Bertz CT molecular complexity index is 526. The first-order chi connectivity index (χ1) is 9.42. The number of hydrogen-bond acceptors (Lipinski definition) is 4. The van der Waals surface area contributed by atoms with Gasteiger partial charge in [-0.1, -0.05) is 11.6 Å². The molecule has 5 nitrogen and oxygen atoms in total. The number of nitrogens with one attached hydrogen (secondary N) is 3. The fourth-order valence-corrected chi connectivity index (χ4v) is 1.67. The van der Waals surface area contributed by atoms with Crippen LogP contribution in [0.4, 0.5) is 4.39 Å². The molecule has 0 aliphatic carbocycles. The van der Waals surface area contributed by atoms with Gasteiger partial charge in [-0.25, -0.2) is 4.39 Å². The predicted octanol–water partition coefficient (Wildman–Crippen LogP) is 2.17. The molecule has 0 unspecified atom stereocenters. The molecule has 0 saturated heterocycles. The average molecular weight is 300 g/mol. The summed E-state index contributed by atoms with van der Waals surface area (Å²) in [4.78, 5) is 11.6. The van der Waals surface area contributed by atoms with E-state index in [1.165, 1.54) is 32.4 Å². The van der Waals surface area contributed by atoms with Gasteiger partial charge in [-0.3, -0.25) is 10.2 Å². The van der Waals surface area contributed by atoms with E-state index >= 15 is 0 Å². The zero-order chi connectivity index (χ0) is 15.1. The van der Waals surface area contributed by atoms with E-state index in [1.807, 2.05) is 0 Å². The highest BCUT2D eigenvalue weighted by Gasteiger charge is 2.09. The van der Waals surface area contributed by atoms with E-state index < -0.39 is 11.7 Å². The van der Waals surface area contributed by atoms with Crippen LogP contribution < -0.4 is 10.6 Å². The molecule has 0 aliphatic heterocycles. The second-order valence-electron chi connectivity index (χ2n) is 3.95. The lowest BCUT2D eigenvalue weighted by atomic mass is 10.2. The molecular weight excluding hydrogens is 285 g/mol. The summed E-state index contributed by atoms with van der Waals surface area (Å²) in [5, 5.41) is 12.6. The number of methoxy groups -OCH3 is 1. The zero-order valence-corrected chi connectivity index (χ0v) is 11.8. The van der Waals surface area contributed by atoms with Crippen molar-refractivity contribution in [1.82, 2.24) is 10.6 Å². The smallest absolute Gasteiger partial charge is 0.293 e. The van der Waals surface area contributed by atoms with Crippen molar-refractivity contribution in [3.8, 4) is 0 Å². The van der Waals surface area contributed by atoms with Crippen molar-refractivity contribution in [2.24, 2.45) is 0 Å². The SMILES string of the molecule is CO/C(=C/NCc1cc(F)cc(Cl)c1)C(=O)NC(C)=N. The molecule has 7 heteroatoms. The lowest BCUT2D eigenvalue weighted by Gasteiger charge is -2.08. The summed E-state index contributed by atoms with van der Waals surface area (Å²) in [5.74, 6) is -0.943. The highest BCUT2D eigenvalue weighted by atomic mass is 35.5. The van der Waals surface area contributed by atoms with Crippen molar-refractivity contribution in [2.75, 3.05) is 7.11 Å². The molecule has 0 aromatic heterocycles. The summed E-state index contributed by atoms with van der Waals surface area (Å²) in [7, 11) is 1.34. The van der Waals surface area contributed by atoms with Crippen LogP contribution in [-0.2, 0) is 16.1 Å². The van der Waals surface area contributed by atoms with Crippen molar-refractivity contribution >= 4 is 23.3 Å². The molecule has 20 heavy (non-hydrogen) atoms. The average Bonchev–Trinajstić information content (AvgIpc) is 2.32. The third kappa shape index (κ3) is 5.27. The molecule has 1 rings (SSSR count). The molecule has 1 aromatic rings. The lowest BCUT2D eigenvalue weighted by Crippen LogP contribution is -2.30. The van der Waals surface area contributed by atoms with Gasteiger partial charge in [-0.15, -0.1) is 0 Å². The van der Waals surface area contributed by atoms with Crippen molar-refractivity contribution in [2.45, 2.75) is 13.5 Å². The molecule has 0 spiro atoms. The van der Waals surface area contributed by atoms with Gasteiger partial charge in [0.15, 0.2) is 5.76 Å². The Hall–Kier alpha value is -2.08. The quantitative estimate of drug-likeness (QED) is 0.338. The first-order valence-electron chi connectivity index (χ1n) is 5.71. The molecule has 0 heterocycles. The maximum absolute atomic E-state index is 13.1. The molecule has 0 fully saturated rings. The van der Waals surface area contributed by atoms with Crippen LogP contribution >= 0.6 is 11.6 Å². The fraction of sp³-hybridized carbons (Fsp3) is 0.231. The van der Waals surface area contributed by atoms with E-state index in [4.69, 9.17) is 21.7 Å². The third-order valence-corrected chi connectivity index (χ3v) is 2.42. The Kier molecular flexibility index (Phi) is 5.99. The highest BCUT2D eigenvalue weighted by molar-refractivity contribution is 6.30. The van der Waals surface area contributed by atoms with Crippen LogP contribution in [0.15, 0.2) is 30.2 Å². The Morgan fingerprint density at radius 2 is 2.20 bits per heavy atom. The molecule has 108 valence electrons. The Labute approximate surface area is 121 Å². The second-order valence-corrected chi connectivity index (χ2v) is 4.39. The standard InChI is InChI=1S/C13H15ClFN3O2/c1-8(16)18-13(19)12(20-2)7-17-6-9-3-10(14)5-11(15)4-9/h3-5,7,17H,6H2,1-2H3,(H2,16,18,19)/b12-7+. The maximum atomic E-state index is 13.1. The molecule has 0 atom stereocenters. The molecule has 0 bridgehead atoms. The molecule has 1 amide bonds. The van der Waals surface area contributed by atoms with Gasteiger partial charge >= 0.3 is 0 Å². The molecule has 0 saturated carbocycles. The number of carbonyl (C=O) groups excluding carboxylic acids is 1. The van der Waals surface area contributed by atoms with Crippen molar-refractivity contribution in [3.05, 3.63) is 46.6 Å². The molecule has 3 N–H and O–H groups in total. The van der Waals surface area contributed by atoms with E-state index in [9.17, 15) is 9.18 Å². The van der Waals surface area contributed by atoms with Gasteiger partial charge < -0.3 is 15.4 Å². The van der Waals surface area contributed by atoms with Gasteiger partial charge in [0.2, 0.25) is 0 Å². The van der Waals surface area contributed by atoms with Crippen molar-refractivity contribution < 1.29 is 13.9 Å². The van der Waals surface area contributed by atoms with Crippen LogP contribution in [0.1, 0.15) is 12.5 Å². The first kappa shape index (κ1) is 16.0. The summed E-state index contributed by atoms with van der Waals surface area (Å²) in [6, 6.07) is 4.16. The Morgan fingerprint density at radius 3 is 2.75 bits per heavy atom. The van der Waals surface area contributed by atoms with E-state index in [2.05, 4.69) is 10.6 Å². The monoisotopic (exact) mass is 299 g/mol. The minimum Gasteiger partial charge on any atom is -0.490 e. The van der Waals surface area contributed by atoms with Gasteiger partial charge in [0.05, 0.1) is 12.9 Å². The summed E-state index contributed by atoms with van der Waals surface area (Å²) >= 11 is 5.73. The van der Waals surface area contributed by atoms with Crippen molar-refractivity contribution in [3.63, 3.8) is 0 Å². The minimum absolute atomic E-state index is 0.00913. The van der Waals surface area contributed by atoms with Crippen LogP contribution in [0.25, 0.3) is 0 Å². The number of ether oxygens (including phenoxy) is 1. The summed E-state index contributed by atoms with van der Waals surface area (Å²) in [6.07, 6.45) is 1.34. The summed E-state index contributed by atoms with van der Waals surface area (Å²) < 4.78 is 18.0.